The molecular weight excluding hydrogens is 348 g/mol. The number of rotatable bonds is 5. The van der Waals surface area contributed by atoms with Crippen molar-refractivity contribution in [2.45, 2.75) is 13.8 Å². The van der Waals surface area contributed by atoms with E-state index in [-0.39, 0.29) is 0 Å². The molecule has 0 spiro atoms. The van der Waals surface area contributed by atoms with Gasteiger partial charge < -0.3 is 16.0 Å². The SMILES string of the molecule is CCN(c1ccccc1)c1ncnc(Nc2cccc3ccc(C)nc23)c1N. The molecule has 0 aliphatic rings. The van der Waals surface area contributed by atoms with E-state index in [9.17, 15) is 0 Å². The lowest BCUT2D eigenvalue weighted by Crippen LogP contribution is -2.19. The zero-order valence-corrected chi connectivity index (χ0v) is 15.9. The van der Waals surface area contributed by atoms with E-state index in [1.807, 2.05) is 61.5 Å². The van der Waals surface area contributed by atoms with Gasteiger partial charge in [-0.2, -0.15) is 0 Å². The molecule has 6 nitrogen and oxygen atoms in total. The van der Waals surface area contributed by atoms with Gasteiger partial charge in [0.05, 0.1) is 11.2 Å². The van der Waals surface area contributed by atoms with Crippen molar-refractivity contribution in [3.05, 3.63) is 72.7 Å². The Bertz CT molecular complexity index is 1110. The van der Waals surface area contributed by atoms with Gasteiger partial charge in [-0.1, -0.05) is 36.4 Å². The van der Waals surface area contributed by atoms with Gasteiger partial charge in [0, 0.05) is 23.3 Å². The highest BCUT2D eigenvalue weighted by molar-refractivity contribution is 5.93. The van der Waals surface area contributed by atoms with Gasteiger partial charge in [0.25, 0.3) is 0 Å². The zero-order valence-electron chi connectivity index (χ0n) is 15.9. The molecule has 0 aliphatic heterocycles. The smallest absolute Gasteiger partial charge is 0.161 e. The molecule has 0 bridgehead atoms. The minimum Gasteiger partial charge on any atom is -0.393 e. The van der Waals surface area contributed by atoms with Crippen molar-refractivity contribution in [3.8, 4) is 0 Å². The number of nitrogens with two attached hydrogens (primary N) is 1. The first-order valence-corrected chi connectivity index (χ1v) is 9.24. The lowest BCUT2D eigenvalue weighted by atomic mass is 10.1. The first-order valence-electron chi connectivity index (χ1n) is 9.24. The second-order valence-corrected chi connectivity index (χ2v) is 6.49. The fourth-order valence-electron chi connectivity index (χ4n) is 3.24. The topological polar surface area (TPSA) is 80.0 Å². The predicted molar refractivity (Wildman–Crippen MR) is 115 cm³/mol. The fraction of sp³-hybridized carbons (Fsp3) is 0.136. The first-order chi connectivity index (χ1) is 13.7. The standard InChI is InChI=1S/C22H22N6/c1-3-28(17-9-5-4-6-10-17)22-19(23)21(24-14-25-22)27-18-11-7-8-16-13-12-15(2)26-20(16)18/h4-14H,3,23H2,1-2H3,(H,24,25,27). The van der Waals surface area contributed by atoms with Crippen molar-refractivity contribution < 1.29 is 0 Å². The van der Waals surface area contributed by atoms with Crippen molar-refractivity contribution in [1.29, 1.82) is 0 Å². The lowest BCUT2D eigenvalue weighted by Gasteiger charge is -2.24. The van der Waals surface area contributed by atoms with E-state index in [4.69, 9.17) is 5.73 Å². The molecule has 28 heavy (non-hydrogen) atoms. The van der Waals surface area contributed by atoms with Crippen LogP contribution in [0.25, 0.3) is 10.9 Å². The number of fused-ring (bicyclic) bond motifs is 1. The zero-order chi connectivity index (χ0) is 19.5. The summed E-state index contributed by atoms with van der Waals surface area (Å²) in [4.78, 5) is 15.5. The number of aryl methyl sites for hydroxylation is 1. The molecule has 0 fully saturated rings. The Morgan fingerprint density at radius 1 is 0.964 bits per heavy atom. The highest BCUT2D eigenvalue weighted by Gasteiger charge is 2.16. The maximum Gasteiger partial charge on any atom is 0.161 e. The van der Waals surface area contributed by atoms with Crippen molar-refractivity contribution >= 4 is 39.6 Å². The quantitative estimate of drug-likeness (QED) is 0.524. The van der Waals surface area contributed by atoms with Crippen molar-refractivity contribution in [3.63, 3.8) is 0 Å². The number of para-hydroxylation sites is 2. The number of benzene rings is 2. The Morgan fingerprint density at radius 2 is 1.79 bits per heavy atom. The summed E-state index contributed by atoms with van der Waals surface area (Å²) in [7, 11) is 0. The van der Waals surface area contributed by atoms with Gasteiger partial charge >= 0.3 is 0 Å². The Morgan fingerprint density at radius 3 is 2.57 bits per heavy atom. The Labute approximate surface area is 164 Å². The second-order valence-electron chi connectivity index (χ2n) is 6.49. The minimum absolute atomic E-state index is 0.498. The van der Waals surface area contributed by atoms with Crippen LogP contribution in [0.1, 0.15) is 12.6 Å². The molecule has 0 atom stereocenters. The van der Waals surface area contributed by atoms with E-state index >= 15 is 0 Å². The van der Waals surface area contributed by atoms with E-state index in [1.165, 1.54) is 6.33 Å². The lowest BCUT2D eigenvalue weighted by molar-refractivity contribution is 0.980. The first kappa shape index (κ1) is 17.7. The number of nitrogens with zero attached hydrogens (tertiary/aromatic N) is 4. The number of nitrogens with one attached hydrogen (secondary N) is 1. The molecule has 3 N–H and O–H groups in total. The van der Waals surface area contributed by atoms with Gasteiger partial charge in [0.1, 0.15) is 12.0 Å². The molecule has 0 radical (unpaired) electrons. The van der Waals surface area contributed by atoms with Crippen LogP contribution in [0.5, 0.6) is 0 Å². The molecule has 140 valence electrons. The summed E-state index contributed by atoms with van der Waals surface area (Å²) in [5, 5.41) is 4.41. The van der Waals surface area contributed by atoms with E-state index in [2.05, 4.69) is 38.2 Å². The summed E-state index contributed by atoms with van der Waals surface area (Å²) in [6.45, 7) is 4.78. The molecule has 2 aromatic carbocycles. The average Bonchev–Trinajstić information content (AvgIpc) is 2.72. The van der Waals surface area contributed by atoms with Crippen LogP contribution in [0.3, 0.4) is 0 Å². The van der Waals surface area contributed by atoms with Crippen LogP contribution in [-0.2, 0) is 0 Å². The molecule has 0 amide bonds. The molecule has 2 aromatic heterocycles. The molecule has 0 unspecified atom stereocenters. The highest BCUT2D eigenvalue weighted by atomic mass is 15.2. The highest BCUT2D eigenvalue weighted by Crippen LogP contribution is 2.34. The fourth-order valence-corrected chi connectivity index (χ4v) is 3.24. The predicted octanol–water partition coefficient (Wildman–Crippen LogP) is 4.82. The van der Waals surface area contributed by atoms with Crippen LogP contribution in [0.2, 0.25) is 0 Å². The third-order valence-electron chi connectivity index (χ3n) is 4.62. The molecule has 0 saturated heterocycles. The van der Waals surface area contributed by atoms with Gasteiger partial charge in [-0.05, 0) is 38.1 Å². The van der Waals surface area contributed by atoms with Crippen LogP contribution in [0, 0.1) is 6.92 Å². The second kappa shape index (κ2) is 7.52. The number of nitrogen functional groups attached to an aromatic ring is 1. The van der Waals surface area contributed by atoms with Crippen LogP contribution in [-0.4, -0.2) is 21.5 Å². The van der Waals surface area contributed by atoms with Gasteiger partial charge in [-0.25, -0.2) is 9.97 Å². The van der Waals surface area contributed by atoms with Crippen LogP contribution in [0.15, 0.2) is 67.0 Å². The summed E-state index contributed by atoms with van der Waals surface area (Å²) in [5.41, 5.74) is 10.7. The monoisotopic (exact) mass is 370 g/mol. The summed E-state index contributed by atoms with van der Waals surface area (Å²) in [6.07, 6.45) is 1.53. The molecule has 4 aromatic rings. The van der Waals surface area contributed by atoms with Gasteiger partial charge in [0.15, 0.2) is 11.6 Å². The Kier molecular flexibility index (Phi) is 4.76. The summed E-state index contributed by atoms with van der Waals surface area (Å²) >= 11 is 0. The van der Waals surface area contributed by atoms with Crippen molar-refractivity contribution in [2.24, 2.45) is 0 Å². The number of hydrogen-bond acceptors (Lipinski definition) is 6. The number of aromatic nitrogens is 3. The van der Waals surface area contributed by atoms with E-state index in [0.717, 1.165) is 34.5 Å². The minimum atomic E-state index is 0.498. The van der Waals surface area contributed by atoms with Crippen molar-refractivity contribution in [2.75, 3.05) is 22.5 Å². The molecule has 0 aliphatic carbocycles. The summed E-state index contributed by atoms with van der Waals surface area (Å²) < 4.78 is 0. The maximum absolute atomic E-state index is 6.47. The van der Waals surface area contributed by atoms with Gasteiger partial charge in [-0.3, -0.25) is 4.98 Å². The van der Waals surface area contributed by atoms with Crippen molar-refractivity contribution in [1.82, 2.24) is 15.0 Å². The normalized spacial score (nSPS) is 10.8. The molecule has 2 heterocycles. The summed E-state index contributed by atoms with van der Waals surface area (Å²) in [5.74, 6) is 1.24. The number of hydrogen-bond donors (Lipinski definition) is 2. The molecular formula is C22H22N6. The Hall–Kier alpha value is -3.67. The number of anilines is 5. The van der Waals surface area contributed by atoms with E-state index in [1.54, 1.807) is 0 Å². The maximum atomic E-state index is 6.47. The molecule has 4 rings (SSSR count). The molecule has 0 saturated carbocycles. The summed E-state index contributed by atoms with van der Waals surface area (Å²) in [6, 6.07) is 20.1. The Balaban J connectivity index is 1.75. The van der Waals surface area contributed by atoms with E-state index in [0.29, 0.717) is 17.3 Å². The third-order valence-corrected chi connectivity index (χ3v) is 4.62. The largest absolute Gasteiger partial charge is 0.393 e. The number of pyridine rings is 1. The third kappa shape index (κ3) is 3.32. The average molecular weight is 370 g/mol. The van der Waals surface area contributed by atoms with Crippen LogP contribution >= 0.6 is 0 Å². The van der Waals surface area contributed by atoms with Gasteiger partial charge in [-0.15, -0.1) is 0 Å². The van der Waals surface area contributed by atoms with Gasteiger partial charge in [0.2, 0.25) is 0 Å². The van der Waals surface area contributed by atoms with E-state index < -0.39 is 0 Å². The molecule has 6 heteroatoms. The van der Waals surface area contributed by atoms with Crippen LogP contribution < -0.4 is 16.0 Å². The van der Waals surface area contributed by atoms with Crippen LogP contribution in [0.4, 0.5) is 28.7 Å².